The van der Waals surface area contributed by atoms with E-state index in [1.54, 1.807) is 0 Å². The molecule has 0 bridgehead atoms. The number of benzene rings is 1. The smallest absolute Gasteiger partial charge is 0.0176 e. The van der Waals surface area contributed by atoms with Crippen LogP contribution in [-0.4, -0.2) is 18.3 Å². The number of hydrogen-bond acceptors (Lipinski definition) is 2. The third kappa shape index (κ3) is 6.82. The predicted molar refractivity (Wildman–Crippen MR) is 91.0 cm³/mol. The Hall–Kier alpha value is 0.01000. The van der Waals surface area contributed by atoms with Gasteiger partial charge >= 0.3 is 0 Å². The summed E-state index contributed by atoms with van der Waals surface area (Å²) >= 11 is 5.44. The van der Waals surface area contributed by atoms with Crippen LogP contribution in [0.1, 0.15) is 40.0 Å². The summed E-state index contributed by atoms with van der Waals surface area (Å²) in [4.78, 5) is 1.36. The Morgan fingerprint density at radius 2 is 1.74 bits per heavy atom. The van der Waals surface area contributed by atoms with Crippen molar-refractivity contribution in [1.29, 1.82) is 0 Å². The first kappa shape index (κ1) is 17.1. The van der Waals surface area contributed by atoms with Crippen LogP contribution in [-0.2, 0) is 0 Å². The van der Waals surface area contributed by atoms with E-state index in [1.165, 1.54) is 24.2 Å². The van der Waals surface area contributed by atoms with Crippen molar-refractivity contribution in [1.82, 2.24) is 5.32 Å². The molecule has 0 amide bonds. The SMILES string of the molecule is CCNC(CSc1ccc(Br)cc1)CC(CC)CC. The first-order valence-electron chi connectivity index (χ1n) is 7.31. The quantitative estimate of drug-likeness (QED) is 0.607. The molecule has 1 nitrogen and oxygen atoms in total. The monoisotopic (exact) mass is 343 g/mol. The fourth-order valence-corrected chi connectivity index (χ4v) is 3.49. The molecule has 0 aliphatic heterocycles. The van der Waals surface area contributed by atoms with Crippen LogP contribution in [0.25, 0.3) is 0 Å². The minimum absolute atomic E-state index is 0.628. The highest BCUT2D eigenvalue weighted by atomic mass is 79.9. The molecule has 0 saturated heterocycles. The van der Waals surface area contributed by atoms with Crippen LogP contribution >= 0.6 is 27.7 Å². The average Bonchev–Trinajstić information content (AvgIpc) is 2.43. The predicted octanol–water partition coefficient (Wildman–Crippen LogP) is 5.35. The Morgan fingerprint density at radius 1 is 1.11 bits per heavy atom. The maximum atomic E-state index is 3.63. The Balaban J connectivity index is 2.46. The lowest BCUT2D eigenvalue weighted by Crippen LogP contribution is -2.33. The molecule has 3 heteroatoms. The Morgan fingerprint density at radius 3 is 2.26 bits per heavy atom. The van der Waals surface area contributed by atoms with Crippen LogP contribution in [0.4, 0.5) is 0 Å². The molecular formula is C16H26BrNS. The lowest BCUT2D eigenvalue weighted by Gasteiger charge is -2.22. The summed E-state index contributed by atoms with van der Waals surface area (Å²) in [5.41, 5.74) is 0. The van der Waals surface area contributed by atoms with Gasteiger partial charge in [-0.3, -0.25) is 0 Å². The summed E-state index contributed by atoms with van der Waals surface area (Å²) in [6.45, 7) is 7.87. The second-order valence-corrected chi connectivity index (χ2v) is 6.95. The van der Waals surface area contributed by atoms with Crippen molar-refractivity contribution in [2.24, 2.45) is 5.92 Å². The van der Waals surface area contributed by atoms with Crippen LogP contribution in [0, 0.1) is 5.92 Å². The van der Waals surface area contributed by atoms with Crippen molar-refractivity contribution in [2.45, 2.75) is 51.0 Å². The third-order valence-corrected chi connectivity index (χ3v) is 5.23. The molecule has 1 atom stereocenters. The van der Waals surface area contributed by atoms with E-state index < -0.39 is 0 Å². The molecule has 1 rings (SSSR count). The second kappa shape index (κ2) is 9.84. The van der Waals surface area contributed by atoms with Gasteiger partial charge in [0.05, 0.1) is 0 Å². The van der Waals surface area contributed by atoms with Crippen LogP contribution in [0.5, 0.6) is 0 Å². The summed E-state index contributed by atoms with van der Waals surface area (Å²) in [5, 5.41) is 3.63. The highest BCUT2D eigenvalue weighted by Gasteiger charge is 2.13. The minimum atomic E-state index is 0.628. The van der Waals surface area contributed by atoms with E-state index in [-0.39, 0.29) is 0 Å². The lowest BCUT2D eigenvalue weighted by atomic mass is 9.95. The van der Waals surface area contributed by atoms with Gasteiger partial charge in [-0.1, -0.05) is 49.5 Å². The Labute approximate surface area is 131 Å². The van der Waals surface area contributed by atoms with Gasteiger partial charge in [0.1, 0.15) is 0 Å². The number of rotatable bonds is 9. The zero-order valence-corrected chi connectivity index (χ0v) is 14.7. The molecule has 0 heterocycles. The molecule has 0 radical (unpaired) electrons. The van der Waals surface area contributed by atoms with Crippen LogP contribution < -0.4 is 5.32 Å². The number of halogens is 1. The minimum Gasteiger partial charge on any atom is -0.313 e. The van der Waals surface area contributed by atoms with Gasteiger partial charge in [0.2, 0.25) is 0 Å². The van der Waals surface area contributed by atoms with E-state index in [4.69, 9.17) is 0 Å². The van der Waals surface area contributed by atoms with Gasteiger partial charge in [0.15, 0.2) is 0 Å². The molecule has 1 unspecified atom stereocenters. The molecular weight excluding hydrogens is 318 g/mol. The summed E-state index contributed by atoms with van der Waals surface area (Å²) < 4.78 is 1.15. The largest absolute Gasteiger partial charge is 0.313 e. The van der Waals surface area contributed by atoms with Gasteiger partial charge in [-0.25, -0.2) is 0 Å². The van der Waals surface area contributed by atoms with Crippen molar-refractivity contribution >= 4 is 27.7 Å². The van der Waals surface area contributed by atoms with E-state index >= 15 is 0 Å². The van der Waals surface area contributed by atoms with E-state index in [1.807, 2.05) is 11.8 Å². The van der Waals surface area contributed by atoms with Gasteiger partial charge in [0.25, 0.3) is 0 Å². The highest BCUT2D eigenvalue weighted by molar-refractivity contribution is 9.10. The molecule has 108 valence electrons. The molecule has 0 aliphatic carbocycles. The maximum absolute atomic E-state index is 3.63. The molecule has 1 N–H and O–H groups in total. The summed E-state index contributed by atoms with van der Waals surface area (Å²) in [6.07, 6.45) is 3.88. The van der Waals surface area contributed by atoms with Crippen molar-refractivity contribution in [2.75, 3.05) is 12.3 Å². The number of nitrogens with one attached hydrogen (secondary N) is 1. The van der Waals surface area contributed by atoms with Crippen molar-refractivity contribution in [3.8, 4) is 0 Å². The molecule has 1 aromatic carbocycles. The average molecular weight is 344 g/mol. The van der Waals surface area contributed by atoms with Gasteiger partial charge < -0.3 is 5.32 Å². The molecule has 19 heavy (non-hydrogen) atoms. The van der Waals surface area contributed by atoms with Crippen LogP contribution in [0.15, 0.2) is 33.6 Å². The standard InChI is InChI=1S/C16H26BrNS/c1-4-13(5-2)11-15(18-6-3)12-19-16-9-7-14(17)8-10-16/h7-10,13,15,18H,4-6,11-12H2,1-3H3. The van der Waals surface area contributed by atoms with E-state index in [2.05, 4.69) is 66.3 Å². The fourth-order valence-electron chi connectivity index (χ4n) is 2.25. The second-order valence-electron chi connectivity index (χ2n) is 4.94. The van der Waals surface area contributed by atoms with Crippen LogP contribution in [0.3, 0.4) is 0 Å². The Bertz CT molecular complexity index is 335. The van der Waals surface area contributed by atoms with Gasteiger partial charge in [-0.05, 0) is 43.1 Å². The topological polar surface area (TPSA) is 12.0 Å². The summed E-state index contributed by atoms with van der Waals surface area (Å²) in [7, 11) is 0. The Kier molecular flexibility index (Phi) is 8.84. The molecule has 0 fully saturated rings. The fraction of sp³-hybridized carbons (Fsp3) is 0.625. The summed E-state index contributed by atoms with van der Waals surface area (Å²) in [6, 6.07) is 9.24. The lowest BCUT2D eigenvalue weighted by molar-refractivity contribution is 0.388. The maximum Gasteiger partial charge on any atom is 0.0176 e. The van der Waals surface area contributed by atoms with Gasteiger partial charge in [-0.2, -0.15) is 0 Å². The van der Waals surface area contributed by atoms with Gasteiger partial charge in [-0.15, -0.1) is 11.8 Å². The van der Waals surface area contributed by atoms with E-state index in [9.17, 15) is 0 Å². The van der Waals surface area contributed by atoms with Crippen LogP contribution in [0.2, 0.25) is 0 Å². The molecule has 0 aliphatic rings. The molecule has 0 aromatic heterocycles. The zero-order chi connectivity index (χ0) is 14.1. The third-order valence-electron chi connectivity index (χ3n) is 3.53. The number of thioether (sulfide) groups is 1. The zero-order valence-electron chi connectivity index (χ0n) is 12.3. The van der Waals surface area contributed by atoms with Crippen molar-refractivity contribution in [3.63, 3.8) is 0 Å². The van der Waals surface area contributed by atoms with Gasteiger partial charge in [0, 0.05) is 21.2 Å². The molecule has 0 saturated carbocycles. The first-order valence-corrected chi connectivity index (χ1v) is 9.09. The molecule has 1 aromatic rings. The normalized spacial score (nSPS) is 12.9. The summed E-state index contributed by atoms with van der Waals surface area (Å²) in [5.74, 6) is 2.01. The highest BCUT2D eigenvalue weighted by Crippen LogP contribution is 2.24. The number of hydrogen-bond donors (Lipinski definition) is 1. The van der Waals surface area contributed by atoms with E-state index in [0.29, 0.717) is 6.04 Å². The molecule has 0 spiro atoms. The first-order chi connectivity index (χ1) is 9.19. The van der Waals surface area contributed by atoms with E-state index in [0.717, 1.165) is 22.7 Å². The van der Waals surface area contributed by atoms with Crippen molar-refractivity contribution < 1.29 is 0 Å². The van der Waals surface area contributed by atoms with Crippen molar-refractivity contribution in [3.05, 3.63) is 28.7 Å².